The number of benzene rings is 1. The Hall–Kier alpha value is -1.89. The van der Waals surface area contributed by atoms with Crippen LogP contribution >= 0.6 is 23.2 Å². The van der Waals surface area contributed by atoms with Gasteiger partial charge in [0.1, 0.15) is 0 Å². The van der Waals surface area contributed by atoms with Crippen LogP contribution in [-0.4, -0.2) is 21.6 Å². The van der Waals surface area contributed by atoms with E-state index in [4.69, 9.17) is 23.2 Å². The Morgan fingerprint density at radius 1 is 1.29 bits per heavy atom. The third-order valence-corrected chi connectivity index (χ3v) is 3.44. The van der Waals surface area contributed by atoms with Crippen molar-refractivity contribution in [2.75, 3.05) is 11.9 Å². The van der Waals surface area contributed by atoms with Crippen molar-refractivity contribution in [2.24, 2.45) is 0 Å². The average Bonchev–Trinajstić information content (AvgIpc) is 2.45. The number of aromatic nitrogens is 1. The summed E-state index contributed by atoms with van der Waals surface area (Å²) < 4.78 is 0. The molecule has 0 radical (unpaired) electrons. The molecule has 6 nitrogen and oxygen atoms in total. The summed E-state index contributed by atoms with van der Waals surface area (Å²) in [6.45, 7) is -0.0126. The molecule has 0 fully saturated rings. The predicted octanol–water partition coefficient (Wildman–Crippen LogP) is 3.44. The van der Waals surface area contributed by atoms with Gasteiger partial charge in [-0.2, -0.15) is 0 Å². The van der Waals surface area contributed by atoms with E-state index in [1.165, 1.54) is 18.3 Å². The van der Waals surface area contributed by atoms with Crippen molar-refractivity contribution in [3.05, 3.63) is 62.3 Å². The van der Waals surface area contributed by atoms with Crippen molar-refractivity contribution >= 4 is 34.7 Å². The number of hydrogen-bond donors (Lipinski definition) is 2. The lowest BCUT2D eigenvalue weighted by molar-refractivity contribution is -0.384. The van der Waals surface area contributed by atoms with Crippen molar-refractivity contribution in [3.8, 4) is 0 Å². The number of nitrogens with one attached hydrogen (secondary N) is 1. The van der Waals surface area contributed by atoms with Crippen molar-refractivity contribution in [2.45, 2.75) is 6.10 Å². The van der Waals surface area contributed by atoms with Gasteiger partial charge in [0.25, 0.3) is 0 Å². The third kappa shape index (κ3) is 3.60. The first-order valence-electron chi connectivity index (χ1n) is 5.96. The molecule has 1 aromatic carbocycles. The van der Waals surface area contributed by atoms with Crippen molar-refractivity contribution in [1.82, 2.24) is 4.98 Å². The van der Waals surface area contributed by atoms with Gasteiger partial charge in [-0.1, -0.05) is 29.3 Å². The highest BCUT2D eigenvalue weighted by Crippen LogP contribution is 2.30. The molecule has 0 aliphatic rings. The van der Waals surface area contributed by atoms with Crippen molar-refractivity contribution in [3.63, 3.8) is 0 Å². The summed E-state index contributed by atoms with van der Waals surface area (Å²) in [5, 5.41) is 24.4. The SMILES string of the molecule is O=[N+]([O-])c1cccnc1NCC(O)c1c(Cl)cccc1Cl. The fourth-order valence-electron chi connectivity index (χ4n) is 1.80. The van der Waals surface area contributed by atoms with E-state index >= 15 is 0 Å². The molecule has 0 aliphatic heterocycles. The van der Waals surface area contributed by atoms with Gasteiger partial charge in [0.05, 0.1) is 11.0 Å². The number of aliphatic hydroxyl groups excluding tert-OH is 1. The Morgan fingerprint density at radius 2 is 1.95 bits per heavy atom. The largest absolute Gasteiger partial charge is 0.386 e. The summed E-state index contributed by atoms with van der Waals surface area (Å²) >= 11 is 12.0. The van der Waals surface area contributed by atoms with E-state index in [0.29, 0.717) is 15.6 Å². The van der Waals surface area contributed by atoms with Gasteiger partial charge in [0, 0.05) is 34.4 Å². The van der Waals surface area contributed by atoms with Crippen LogP contribution in [0.15, 0.2) is 36.5 Å². The van der Waals surface area contributed by atoms with Crippen molar-refractivity contribution in [1.29, 1.82) is 0 Å². The molecule has 0 bridgehead atoms. The van der Waals surface area contributed by atoms with Gasteiger partial charge < -0.3 is 10.4 Å². The third-order valence-electron chi connectivity index (χ3n) is 2.78. The smallest absolute Gasteiger partial charge is 0.311 e. The van der Waals surface area contributed by atoms with Gasteiger partial charge in [-0.05, 0) is 18.2 Å². The molecule has 0 saturated heterocycles. The molecule has 1 unspecified atom stereocenters. The Kier molecular flexibility index (Phi) is 4.95. The second kappa shape index (κ2) is 6.71. The standard InChI is InChI=1S/C13H11Cl2N3O3/c14-8-3-1-4-9(15)12(8)11(19)7-17-13-10(18(20)21)5-2-6-16-13/h1-6,11,19H,7H2,(H,16,17). The van der Waals surface area contributed by atoms with Crippen LogP contribution in [0.3, 0.4) is 0 Å². The molecule has 110 valence electrons. The molecule has 1 atom stereocenters. The number of hydrogen-bond acceptors (Lipinski definition) is 5. The average molecular weight is 328 g/mol. The highest BCUT2D eigenvalue weighted by Gasteiger charge is 2.18. The summed E-state index contributed by atoms with van der Waals surface area (Å²) in [5.41, 5.74) is 0.196. The van der Waals surface area contributed by atoms with E-state index in [9.17, 15) is 15.2 Å². The minimum Gasteiger partial charge on any atom is -0.386 e. The van der Waals surface area contributed by atoms with Crippen LogP contribution in [0.4, 0.5) is 11.5 Å². The fourth-order valence-corrected chi connectivity index (χ4v) is 2.45. The molecular weight excluding hydrogens is 317 g/mol. The van der Waals surface area contributed by atoms with E-state index in [1.807, 2.05) is 0 Å². The molecule has 0 spiro atoms. The van der Waals surface area contributed by atoms with Crippen LogP contribution in [0.25, 0.3) is 0 Å². The Morgan fingerprint density at radius 3 is 2.57 bits per heavy atom. The lowest BCUT2D eigenvalue weighted by Crippen LogP contribution is -2.14. The molecule has 2 aromatic rings. The lowest BCUT2D eigenvalue weighted by atomic mass is 10.1. The Bertz CT molecular complexity index is 647. The molecule has 0 amide bonds. The van der Waals surface area contributed by atoms with Crippen LogP contribution in [-0.2, 0) is 0 Å². The first kappa shape index (κ1) is 15.5. The summed E-state index contributed by atoms with van der Waals surface area (Å²) in [4.78, 5) is 14.2. The molecule has 1 aromatic heterocycles. The van der Waals surface area contributed by atoms with Crippen LogP contribution in [0, 0.1) is 10.1 Å². The molecule has 0 aliphatic carbocycles. The summed E-state index contributed by atoms with van der Waals surface area (Å²) in [6, 6.07) is 7.66. The van der Waals surface area contributed by atoms with Gasteiger partial charge in [0.2, 0.25) is 5.82 Å². The number of aliphatic hydroxyl groups is 1. The van der Waals surface area contributed by atoms with Crippen LogP contribution < -0.4 is 5.32 Å². The predicted molar refractivity (Wildman–Crippen MR) is 80.8 cm³/mol. The minimum atomic E-state index is -1.02. The zero-order valence-corrected chi connectivity index (χ0v) is 12.2. The molecular formula is C13H11Cl2N3O3. The maximum Gasteiger partial charge on any atom is 0.311 e. The Labute approximate surface area is 130 Å². The normalized spacial score (nSPS) is 12.0. The summed E-state index contributed by atoms with van der Waals surface area (Å²) in [6.07, 6.45) is 0.400. The van der Waals surface area contributed by atoms with Crippen LogP contribution in [0.1, 0.15) is 11.7 Å². The van der Waals surface area contributed by atoms with Gasteiger partial charge >= 0.3 is 5.69 Å². The van der Waals surface area contributed by atoms with E-state index in [0.717, 1.165) is 0 Å². The zero-order chi connectivity index (χ0) is 15.4. The van der Waals surface area contributed by atoms with Crippen LogP contribution in [0.5, 0.6) is 0 Å². The molecule has 2 rings (SSSR count). The zero-order valence-electron chi connectivity index (χ0n) is 10.7. The fraction of sp³-hybridized carbons (Fsp3) is 0.154. The molecule has 1 heterocycles. The van der Waals surface area contributed by atoms with Gasteiger partial charge in [-0.3, -0.25) is 10.1 Å². The number of anilines is 1. The highest BCUT2D eigenvalue weighted by atomic mass is 35.5. The minimum absolute atomic E-state index is 0.0126. The summed E-state index contributed by atoms with van der Waals surface area (Å²) in [5.74, 6) is 0.0738. The number of rotatable bonds is 5. The maximum absolute atomic E-state index is 10.9. The van der Waals surface area contributed by atoms with Gasteiger partial charge in [-0.25, -0.2) is 4.98 Å². The molecule has 8 heteroatoms. The van der Waals surface area contributed by atoms with E-state index in [1.54, 1.807) is 18.2 Å². The number of halogens is 2. The number of nitrogens with zero attached hydrogens (tertiary/aromatic N) is 2. The van der Waals surface area contributed by atoms with Gasteiger partial charge in [-0.15, -0.1) is 0 Å². The Balaban J connectivity index is 2.15. The quantitative estimate of drug-likeness (QED) is 0.648. The molecule has 21 heavy (non-hydrogen) atoms. The maximum atomic E-state index is 10.9. The first-order valence-corrected chi connectivity index (χ1v) is 6.71. The van der Waals surface area contributed by atoms with Crippen molar-refractivity contribution < 1.29 is 10.0 Å². The highest BCUT2D eigenvalue weighted by molar-refractivity contribution is 6.36. The lowest BCUT2D eigenvalue weighted by Gasteiger charge is -2.15. The second-order valence-corrected chi connectivity index (χ2v) is 4.97. The van der Waals surface area contributed by atoms with Crippen LogP contribution in [0.2, 0.25) is 10.0 Å². The van der Waals surface area contributed by atoms with E-state index in [-0.39, 0.29) is 18.1 Å². The number of pyridine rings is 1. The molecule has 0 saturated carbocycles. The van der Waals surface area contributed by atoms with Gasteiger partial charge in [0.15, 0.2) is 0 Å². The molecule has 2 N–H and O–H groups in total. The topological polar surface area (TPSA) is 88.3 Å². The first-order chi connectivity index (χ1) is 10.0. The second-order valence-electron chi connectivity index (χ2n) is 4.16. The monoisotopic (exact) mass is 327 g/mol. The number of nitro groups is 1. The summed E-state index contributed by atoms with van der Waals surface area (Å²) in [7, 11) is 0. The van der Waals surface area contributed by atoms with E-state index < -0.39 is 11.0 Å². The van der Waals surface area contributed by atoms with E-state index in [2.05, 4.69) is 10.3 Å².